The summed E-state index contributed by atoms with van der Waals surface area (Å²) in [6.07, 6.45) is 5.86. The van der Waals surface area contributed by atoms with E-state index in [2.05, 4.69) is 10.3 Å². The Morgan fingerprint density at radius 3 is 2.52 bits per heavy atom. The smallest absolute Gasteiger partial charge is 0.332 e. The molecule has 0 unspecified atom stereocenters. The van der Waals surface area contributed by atoms with Crippen molar-refractivity contribution in [3.8, 4) is 0 Å². The van der Waals surface area contributed by atoms with Crippen LogP contribution >= 0.6 is 0 Å². The molecule has 2 N–H and O–H groups in total. The van der Waals surface area contributed by atoms with E-state index in [1.165, 1.54) is 30.9 Å². The second-order valence-electron chi connectivity index (χ2n) is 8.58. The Balaban J connectivity index is 1.67. The highest BCUT2D eigenvalue weighted by Crippen LogP contribution is 2.18. The number of nitrogens with zero attached hydrogens (tertiary/aromatic N) is 4. The maximum absolute atomic E-state index is 13.0. The third-order valence-electron chi connectivity index (χ3n) is 6.27. The third kappa shape index (κ3) is 4.50. The van der Waals surface area contributed by atoms with Crippen molar-refractivity contribution in [2.45, 2.75) is 57.2 Å². The first kappa shape index (κ1) is 21.5. The van der Waals surface area contributed by atoms with Crippen LogP contribution in [0.15, 0.2) is 39.9 Å². The largest absolute Gasteiger partial charge is 0.390 e. The topological polar surface area (TPSA) is 94.1 Å². The van der Waals surface area contributed by atoms with Gasteiger partial charge in [-0.3, -0.25) is 13.9 Å². The molecule has 1 aliphatic carbocycles. The lowest BCUT2D eigenvalue weighted by atomic mass is 9.95. The van der Waals surface area contributed by atoms with E-state index in [-0.39, 0.29) is 6.54 Å². The molecular weight excluding hydrogens is 394 g/mol. The Morgan fingerprint density at radius 2 is 1.81 bits per heavy atom. The molecule has 166 valence electrons. The van der Waals surface area contributed by atoms with Crippen LogP contribution in [-0.4, -0.2) is 42.5 Å². The second kappa shape index (κ2) is 9.20. The number of imidazole rings is 1. The Hall–Kier alpha value is -2.71. The van der Waals surface area contributed by atoms with Crippen LogP contribution in [0.2, 0.25) is 0 Å². The van der Waals surface area contributed by atoms with Crippen LogP contribution < -0.4 is 16.6 Å². The molecule has 8 nitrogen and oxygen atoms in total. The molecule has 2 heterocycles. The molecule has 8 heteroatoms. The summed E-state index contributed by atoms with van der Waals surface area (Å²) in [4.78, 5) is 30.0. The summed E-state index contributed by atoms with van der Waals surface area (Å²) in [7, 11) is 3.09. The van der Waals surface area contributed by atoms with Gasteiger partial charge < -0.3 is 15.0 Å². The number of rotatable bonds is 7. The van der Waals surface area contributed by atoms with Gasteiger partial charge in [0.2, 0.25) is 0 Å². The second-order valence-corrected chi connectivity index (χ2v) is 8.58. The van der Waals surface area contributed by atoms with Crippen molar-refractivity contribution in [1.82, 2.24) is 24.0 Å². The first-order valence-electron chi connectivity index (χ1n) is 11.1. The lowest BCUT2D eigenvalue weighted by Crippen LogP contribution is -2.40. The number of aliphatic hydroxyl groups is 1. The quantitative estimate of drug-likeness (QED) is 0.595. The summed E-state index contributed by atoms with van der Waals surface area (Å²) in [5.41, 5.74) is 0.958. The molecule has 31 heavy (non-hydrogen) atoms. The summed E-state index contributed by atoms with van der Waals surface area (Å²) in [5.74, 6) is 0.663. The Kier molecular flexibility index (Phi) is 6.38. The third-order valence-corrected chi connectivity index (χ3v) is 6.27. The van der Waals surface area contributed by atoms with E-state index in [1.54, 1.807) is 11.6 Å². The van der Waals surface area contributed by atoms with Gasteiger partial charge in [0.15, 0.2) is 11.2 Å². The van der Waals surface area contributed by atoms with Crippen LogP contribution in [0, 0.1) is 0 Å². The summed E-state index contributed by atoms with van der Waals surface area (Å²) in [6.45, 7) is 0.701. The minimum absolute atomic E-state index is 0.242. The number of fused-ring (bicyclic) bond motifs is 1. The predicted molar refractivity (Wildman–Crippen MR) is 120 cm³/mol. The predicted octanol–water partition coefficient (Wildman–Crippen LogP) is 1.31. The van der Waals surface area contributed by atoms with Crippen molar-refractivity contribution in [2.75, 3.05) is 6.54 Å². The number of nitrogens with one attached hydrogen (secondary N) is 1. The van der Waals surface area contributed by atoms with Crippen LogP contribution in [0.25, 0.3) is 11.2 Å². The van der Waals surface area contributed by atoms with E-state index in [9.17, 15) is 14.7 Å². The van der Waals surface area contributed by atoms with Crippen LogP contribution in [0.5, 0.6) is 0 Å². The summed E-state index contributed by atoms with van der Waals surface area (Å²) in [6, 6.07) is 10.3. The highest BCUT2D eigenvalue weighted by atomic mass is 16.3. The first-order valence-corrected chi connectivity index (χ1v) is 11.1. The fourth-order valence-electron chi connectivity index (χ4n) is 4.49. The molecule has 0 spiro atoms. The molecule has 0 saturated heterocycles. The van der Waals surface area contributed by atoms with Gasteiger partial charge in [-0.1, -0.05) is 49.6 Å². The molecule has 3 aromatic rings. The maximum atomic E-state index is 13.0. The summed E-state index contributed by atoms with van der Waals surface area (Å²) < 4.78 is 4.28. The summed E-state index contributed by atoms with van der Waals surface area (Å²) in [5, 5.41) is 14.3. The average Bonchev–Trinajstić information content (AvgIpc) is 3.14. The van der Waals surface area contributed by atoms with E-state index in [1.807, 2.05) is 30.3 Å². The van der Waals surface area contributed by atoms with Crippen molar-refractivity contribution in [1.29, 1.82) is 0 Å². The van der Waals surface area contributed by atoms with Gasteiger partial charge in [-0.05, 0) is 18.4 Å². The number of hydrogen-bond acceptors (Lipinski definition) is 5. The molecule has 1 fully saturated rings. The van der Waals surface area contributed by atoms with Crippen molar-refractivity contribution in [3.63, 3.8) is 0 Å². The molecule has 4 rings (SSSR count). The van der Waals surface area contributed by atoms with Gasteiger partial charge in [0.05, 0.1) is 12.6 Å². The minimum Gasteiger partial charge on any atom is -0.390 e. The molecule has 2 aromatic heterocycles. The van der Waals surface area contributed by atoms with Gasteiger partial charge in [0.1, 0.15) is 5.82 Å². The molecule has 1 saturated carbocycles. The lowest BCUT2D eigenvalue weighted by Gasteiger charge is -2.24. The number of aryl methyl sites for hydroxylation is 1. The van der Waals surface area contributed by atoms with Crippen molar-refractivity contribution >= 4 is 11.2 Å². The zero-order valence-corrected chi connectivity index (χ0v) is 18.3. The average molecular weight is 426 g/mol. The van der Waals surface area contributed by atoms with E-state index in [0.29, 0.717) is 36.0 Å². The summed E-state index contributed by atoms with van der Waals surface area (Å²) >= 11 is 0. The number of aliphatic hydroxyl groups excluding tert-OH is 1. The number of hydrogen-bond donors (Lipinski definition) is 2. The van der Waals surface area contributed by atoms with E-state index >= 15 is 0 Å². The van der Waals surface area contributed by atoms with E-state index in [0.717, 1.165) is 23.0 Å². The zero-order chi connectivity index (χ0) is 22.0. The molecular formula is C23H31N5O3. The Labute approximate surface area is 181 Å². The molecule has 1 aromatic carbocycles. The highest BCUT2D eigenvalue weighted by Gasteiger charge is 2.22. The van der Waals surface area contributed by atoms with Crippen molar-refractivity contribution in [3.05, 3.63) is 62.6 Å². The Morgan fingerprint density at radius 1 is 1.10 bits per heavy atom. The normalized spacial score (nSPS) is 16.1. The fourth-order valence-corrected chi connectivity index (χ4v) is 4.49. The van der Waals surface area contributed by atoms with Gasteiger partial charge in [-0.15, -0.1) is 0 Å². The van der Waals surface area contributed by atoms with Gasteiger partial charge in [0.25, 0.3) is 5.56 Å². The fraction of sp³-hybridized carbons (Fsp3) is 0.522. The van der Waals surface area contributed by atoms with E-state index in [4.69, 9.17) is 0 Å². The highest BCUT2D eigenvalue weighted by molar-refractivity contribution is 5.71. The van der Waals surface area contributed by atoms with Crippen LogP contribution in [-0.2, 0) is 27.1 Å². The monoisotopic (exact) mass is 425 g/mol. The SMILES string of the molecule is Cn1c(=O)c2c(nc(Cc3ccccc3)n2C[C@H](O)CNC2CCCCC2)n(C)c1=O. The van der Waals surface area contributed by atoms with Gasteiger partial charge in [0, 0.05) is 33.1 Å². The lowest BCUT2D eigenvalue weighted by molar-refractivity contribution is 0.144. The van der Waals surface area contributed by atoms with Gasteiger partial charge >= 0.3 is 5.69 Å². The zero-order valence-electron chi connectivity index (χ0n) is 18.3. The van der Waals surface area contributed by atoms with Gasteiger partial charge in [-0.2, -0.15) is 0 Å². The Bertz CT molecular complexity index is 1160. The number of benzene rings is 1. The molecule has 0 amide bonds. The minimum atomic E-state index is -0.671. The standard InChI is InChI=1S/C23H31N5O3/c1-26-21-20(22(30)27(2)23(26)31)28(19(25-21)13-16-9-5-3-6-10-16)15-18(29)14-24-17-11-7-4-8-12-17/h3,5-6,9-10,17-18,24,29H,4,7-8,11-15H2,1-2H3/t18-/m1/s1. The van der Waals surface area contributed by atoms with Crippen molar-refractivity contribution in [2.24, 2.45) is 14.1 Å². The van der Waals surface area contributed by atoms with E-state index < -0.39 is 17.4 Å². The number of aromatic nitrogens is 4. The molecule has 0 radical (unpaired) electrons. The first-order chi connectivity index (χ1) is 15.0. The van der Waals surface area contributed by atoms with Crippen molar-refractivity contribution < 1.29 is 5.11 Å². The van der Waals surface area contributed by atoms with Crippen LogP contribution in [0.3, 0.4) is 0 Å². The molecule has 1 aliphatic rings. The molecule has 0 aliphatic heterocycles. The van der Waals surface area contributed by atoms with Crippen LogP contribution in [0.4, 0.5) is 0 Å². The molecule has 1 atom stereocenters. The van der Waals surface area contributed by atoms with Gasteiger partial charge in [-0.25, -0.2) is 9.78 Å². The maximum Gasteiger partial charge on any atom is 0.332 e. The molecule has 0 bridgehead atoms. The van der Waals surface area contributed by atoms with Crippen LogP contribution in [0.1, 0.15) is 43.5 Å².